The van der Waals surface area contributed by atoms with Crippen molar-refractivity contribution in [3.05, 3.63) is 58.1 Å². The normalized spacial score (nSPS) is 10.3. The minimum Gasteiger partial charge on any atom is -0.308 e. The number of anilines is 2. The molecule has 0 atom stereocenters. The number of hydrogen-bond donors (Lipinski definition) is 2. The summed E-state index contributed by atoms with van der Waals surface area (Å²) in [7, 11) is 0. The summed E-state index contributed by atoms with van der Waals surface area (Å²) < 4.78 is 25.9. The highest BCUT2D eigenvalue weighted by Gasteiger charge is 2.10. The molecule has 2 amide bonds. The van der Waals surface area contributed by atoms with Gasteiger partial charge in [-0.3, -0.25) is 0 Å². The molecule has 0 saturated heterocycles. The Morgan fingerprint density at radius 2 is 1.76 bits per heavy atom. The third-order valence-corrected chi connectivity index (χ3v) is 3.15. The number of amides is 2. The average Bonchev–Trinajstić information content (AvgIpc) is 2.38. The molecule has 21 heavy (non-hydrogen) atoms. The summed E-state index contributed by atoms with van der Waals surface area (Å²) in [6.07, 6.45) is 0. The van der Waals surface area contributed by atoms with Gasteiger partial charge in [0.2, 0.25) is 0 Å². The van der Waals surface area contributed by atoms with Gasteiger partial charge < -0.3 is 10.6 Å². The zero-order valence-corrected chi connectivity index (χ0v) is 12.2. The van der Waals surface area contributed by atoms with Gasteiger partial charge in [-0.05, 0) is 43.2 Å². The predicted octanol–water partition coefficient (Wildman–Crippen LogP) is 4.88. The van der Waals surface area contributed by atoms with Crippen molar-refractivity contribution in [2.45, 2.75) is 13.8 Å². The van der Waals surface area contributed by atoms with Gasteiger partial charge in [0, 0.05) is 11.8 Å². The van der Waals surface area contributed by atoms with Crippen LogP contribution in [0.25, 0.3) is 0 Å². The molecule has 0 radical (unpaired) electrons. The minimum atomic E-state index is -1.03. The van der Waals surface area contributed by atoms with Crippen molar-refractivity contribution >= 4 is 29.0 Å². The lowest BCUT2D eigenvalue weighted by Gasteiger charge is -2.12. The summed E-state index contributed by atoms with van der Waals surface area (Å²) in [4.78, 5) is 11.9. The molecule has 0 heterocycles. The SMILES string of the molecule is Cc1cc(C)c(NC(=O)Nc2ccc(F)c(F)c2)c(Cl)c1. The number of rotatable bonds is 2. The second-order valence-electron chi connectivity index (χ2n) is 4.65. The van der Waals surface area contributed by atoms with Gasteiger partial charge in [0.1, 0.15) is 0 Å². The highest BCUT2D eigenvalue weighted by Crippen LogP contribution is 2.27. The standard InChI is InChI=1S/C15H13ClF2N2O/c1-8-5-9(2)14(11(16)6-8)20-15(21)19-10-3-4-12(17)13(18)7-10/h3-7H,1-2H3,(H2,19,20,21). The smallest absolute Gasteiger partial charge is 0.308 e. The maximum atomic E-state index is 13.1. The Bertz CT molecular complexity index is 681. The first-order valence-electron chi connectivity index (χ1n) is 6.16. The number of carbonyl (C=O) groups excluding carboxylic acids is 1. The van der Waals surface area contributed by atoms with Crippen molar-refractivity contribution in [2.75, 3.05) is 10.6 Å². The fourth-order valence-corrected chi connectivity index (χ4v) is 2.29. The van der Waals surface area contributed by atoms with E-state index >= 15 is 0 Å². The van der Waals surface area contributed by atoms with Crippen molar-refractivity contribution < 1.29 is 13.6 Å². The van der Waals surface area contributed by atoms with Gasteiger partial charge in [-0.15, -0.1) is 0 Å². The second kappa shape index (κ2) is 6.10. The molecular weight excluding hydrogens is 298 g/mol. The zero-order valence-electron chi connectivity index (χ0n) is 11.4. The Morgan fingerprint density at radius 1 is 1.05 bits per heavy atom. The molecule has 0 saturated carbocycles. The Morgan fingerprint density at radius 3 is 2.38 bits per heavy atom. The highest BCUT2D eigenvalue weighted by molar-refractivity contribution is 6.34. The van der Waals surface area contributed by atoms with Crippen LogP contribution in [0.15, 0.2) is 30.3 Å². The van der Waals surface area contributed by atoms with Crippen LogP contribution in [0, 0.1) is 25.5 Å². The summed E-state index contributed by atoms with van der Waals surface area (Å²) in [5, 5.41) is 5.41. The summed E-state index contributed by atoms with van der Waals surface area (Å²) in [6, 6.07) is 6.12. The summed E-state index contributed by atoms with van der Waals surface area (Å²) in [6.45, 7) is 3.70. The molecule has 2 N–H and O–H groups in total. The third kappa shape index (κ3) is 3.70. The van der Waals surface area contributed by atoms with E-state index in [4.69, 9.17) is 11.6 Å². The number of nitrogens with one attached hydrogen (secondary N) is 2. The molecule has 2 aromatic carbocycles. The van der Waals surface area contributed by atoms with Crippen molar-refractivity contribution in [3.8, 4) is 0 Å². The number of urea groups is 1. The average molecular weight is 311 g/mol. The molecule has 0 aliphatic rings. The first-order valence-corrected chi connectivity index (χ1v) is 6.54. The largest absolute Gasteiger partial charge is 0.323 e. The summed E-state index contributed by atoms with van der Waals surface area (Å²) in [5.74, 6) is -2.00. The monoisotopic (exact) mass is 310 g/mol. The Kier molecular flexibility index (Phi) is 4.43. The number of halogens is 3. The first-order chi connectivity index (χ1) is 9.86. The van der Waals surface area contributed by atoms with E-state index in [-0.39, 0.29) is 5.69 Å². The lowest BCUT2D eigenvalue weighted by atomic mass is 10.1. The second-order valence-corrected chi connectivity index (χ2v) is 5.05. The lowest BCUT2D eigenvalue weighted by molar-refractivity contribution is 0.262. The molecule has 0 fully saturated rings. The molecule has 0 bridgehead atoms. The van der Waals surface area contributed by atoms with Crippen LogP contribution in [0.4, 0.5) is 25.0 Å². The topological polar surface area (TPSA) is 41.1 Å². The zero-order chi connectivity index (χ0) is 15.6. The molecule has 3 nitrogen and oxygen atoms in total. The van der Waals surface area contributed by atoms with Crippen LogP contribution in [0.5, 0.6) is 0 Å². The van der Waals surface area contributed by atoms with Crippen LogP contribution in [-0.4, -0.2) is 6.03 Å². The van der Waals surface area contributed by atoms with Crippen molar-refractivity contribution in [3.63, 3.8) is 0 Å². The summed E-state index contributed by atoms with van der Waals surface area (Å²) in [5.41, 5.74) is 2.40. The van der Waals surface area contributed by atoms with Crippen molar-refractivity contribution in [1.29, 1.82) is 0 Å². The maximum absolute atomic E-state index is 13.1. The van der Waals surface area contributed by atoms with E-state index in [2.05, 4.69) is 10.6 Å². The maximum Gasteiger partial charge on any atom is 0.323 e. The van der Waals surface area contributed by atoms with Gasteiger partial charge >= 0.3 is 6.03 Å². The van der Waals surface area contributed by atoms with Crippen molar-refractivity contribution in [1.82, 2.24) is 0 Å². The van der Waals surface area contributed by atoms with Crippen LogP contribution < -0.4 is 10.6 Å². The molecule has 0 aromatic heterocycles. The molecule has 2 rings (SSSR count). The number of carbonyl (C=O) groups is 1. The van der Waals surface area contributed by atoms with E-state index in [0.29, 0.717) is 10.7 Å². The number of aryl methyl sites for hydroxylation is 2. The summed E-state index contributed by atoms with van der Waals surface area (Å²) >= 11 is 6.08. The molecule has 0 spiro atoms. The molecule has 110 valence electrons. The van der Waals surface area contributed by atoms with Gasteiger partial charge in [-0.25, -0.2) is 13.6 Å². The molecular formula is C15H13ClF2N2O. The van der Waals surface area contributed by atoms with Gasteiger partial charge in [0.25, 0.3) is 0 Å². The van der Waals surface area contributed by atoms with Crippen LogP contribution in [0.2, 0.25) is 5.02 Å². The first kappa shape index (κ1) is 15.3. The van der Waals surface area contributed by atoms with Crippen LogP contribution in [0.3, 0.4) is 0 Å². The predicted molar refractivity (Wildman–Crippen MR) is 79.9 cm³/mol. The van der Waals surface area contributed by atoms with E-state index in [0.717, 1.165) is 23.3 Å². The quantitative estimate of drug-likeness (QED) is 0.815. The number of benzene rings is 2. The molecule has 0 aliphatic heterocycles. The Hall–Kier alpha value is -2.14. The third-order valence-electron chi connectivity index (χ3n) is 2.85. The van der Waals surface area contributed by atoms with E-state index < -0.39 is 17.7 Å². The fraction of sp³-hybridized carbons (Fsp3) is 0.133. The van der Waals surface area contributed by atoms with Crippen LogP contribution in [0.1, 0.15) is 11.1 Å². The van der Waals surface area contributed by atoms with Crippen LogP contribution >= 0.6 is 11.6 Å². The van der Waals surface area contributed by atoms with Gasteiger partial charge in [-0.1, -0.05) is 17.7 Å². The van der Waals surface area contributed by atoms with E-state index in [1.807, 2.05) is 19.9 Å². The lowest BCUT2D eigenvalue weighted by Crippen LogP contribution is -2.20. The minimum absolute atomic E-state index is 0.146. The van der Waals surface area contributed by atoms with E-state index in [1.54, 1.807) is 6.07 Å². The number of hydrogen-bond acceptors (Lipinski definition) is 1. The molecule has 6 heteroatoms. The molecule has 2 aromatic rings. The highest BCUT2D eigenvalue weighted by atomic mass is 35.5. The van der Waals surface area contributed by atoms with E-state index in [1.165, 1.54) is 6.07 Å². The van der Waals surface area contributed by atoms with Crippen LogP contribution in [-0.2, 0) is 0 Å². The molecule has 0 aliphatic carbocycles. The van der Waals surface area contributed by atoms with Gasteiger partial charge in [0.15, 0.2) is 11.6 Å². The fourth-order valence-electron chi connectivity index (χ4n) is 1.92. The van der Waals surface area contributed by atoms with Crippen molar-refractivity contribution in [2.24, 2.45) is 0 Å². The van der Waals surface area contributed by atoms with Gasteiger partial charge in [0.05, 0.1) is 10.7 Å². The van der Waals surface area contributed by atoms with E-state index in [9.17, 15) is 13.6 Å². The van der Waals surface area contributed by atoms with Gasteiger partial charge in [-0.2, -0.15) is 0 Å². The molecule has 0 unspecified atom stereocenters. The Balaban J connectivity index is 2.13. The Labute approximate surface area is 125 Å².